The number of nitrogens with one attached hydrogen (secondary N) is 1. The Bertz CT molecular complexity index is 1130. The number of rotatable bonds is 7. The first-order chi connectivity index (χ1) is 15.5. The Morgan fingerprint density at radius 3 is 2.53 bits per heavy atom. The van der Waals surface area contributed by atoms with E-state index in [4.69, 9.17) is 21.7 Å². The smallest absolute Gasteiger partial charge is 0.258 e. The number of benzene rings is 2. The van der Waals surface area contributed by atoms with Crippen molar-refractivity contribution in [3.05, 3.63) is 71.5 Å². The first kappa shape index (κ1) is 22.5. The zero-order valence-corrected chi connectivity index (χ0v) is 19.9. The molecule has 8 heteroatoms. The van der Waals surface area contributed by atoms with Crippen molar-refractivity contribution >= 4 is 34.7 Å². The third-order valence-electron chi connectivity index (χ3n) is 5.54. The van der Waals surface area contributed by atoms with Gasteiger partial charge in [0.25, 0.3) is 5.89 Å². The lowest BCUT2D eigenvalue weighted by Gasteiger charge is -2.37. The molecular formula is C24H25FN4OS2. The van der Waals surface area contributed by atoms with E-state index in [1.54, 1.807) is 23.9 Å². The number of thioether (sulfide) groups is 1. The molecule has 3 aromatic rings. The predicted octanol–water partition coefficient (Wildman–Crippen LogP) is 6.06. The Balaban J connectivity index is 1.76. The number of unbranched alkanes of at least 4 members (excludes halogenated alkanes) is 1. The average molecular weight is 469 g/mol. The Kier molecular flexibility index (Phi) is 6.91. The molecule has 2 aromatic carbocycles. The third kappa shape index (κ3) is 4.56. The molecule has 1 atom stereocenters. The highest BCUT2D eigenvalue weighted by Gasteiger charge is 2.33. The van der Waals surface area contributed by atoms with Gasteiger partial charge >= 0.3 is 0 Å². The first-order valence-electron chi connectivity index (χ1n) is 10.5. The van der Waals surface area contributed by atoms with Crippen LogP contribution in [0.2, 0.25) is 0 Å². The monoisotopic (exact) mass is 468 g/mol. The van der Waals surface area contributed by atoms with Crippen LogP contribution in [0.5, 0.6) is 0 Å². The van der Waals surface area contributed by atoms with Gasteiger partial charge in [-0.25, -0.2) is 4.39 Å². The molecule has 0 amide bonds. The second kappa shape index (κ2) is 9.83. The van der Waals surface area contributed by atoms with Crippen LogP contribution >= 0.6 is 24.0 Å². The van der Waals surface area contributed by atoms with Crippen LogP contribution in [0.4, 0.5) is 4.39 Å². The molecule has 1 aliphatic heterocycles. The summed E-state index contributed by atoms with van der Waals surface area (Å²) in [6, 6.07) is 14.1. The Morgan fingerprint density at radius 1 is 1.16 bits per heavy atom. The standard InChI is InChI=1S/C24H25FN4OS2/c1-4-5-14-29-15(2)20(21(26-24(29)31)16-6-10-18(25)11-7-16)23-27-22(28-30-23)17-8-12-19(32-3)13-9-17/h6-13,21H,4-5,14H2,1-3H3,(H,26,31). The number of allylic oxidation sites excluding steroid dienone is 1. The van der Waals surface area contributed by atoms with Gasteiger partial charge in [0.15, 0.2) is 5.11 Å². The molecule has 4 rings (SSSR count). The maximum atomic E-state index is 13.6. The summed E-state index contributed by atoms with van der Waals surface area (Å²) in [7, 11) is 0. The second-order valence-corrected chi connectivity index (χ2v) is 8.86. The summed E-state index contributed by atoms with van der Waals surface area (Å²) in [6.45, 7) is 4.96. The van der Waals surface area contributed by atoms with Gasteiger partial charge in [0.1, 0.15) is 5.82 Å². The maximum Gasteiger partial charge on any atom is 0.258 e. The van der Waals surface area contributed by atoms with E-state index in [0.717, 1.165) is 41.8 Å². The van der Waals surface area contributed by atoms with Gasteiger partial charge in [0, 0.05) is 22.7 Å². The molecule has 1 N–H and O–H groups in total. The molecule has 2 heterocycles. The quantitative estimate of drug-likeness (QED) is 0.334. The van der Waals surface area contributed by atoms with Crippen LogP contribution in [0, 0.1) is 5.82 Å². The highest BCUT2D eigenvalue weighted by Crippen LogP contribution is 2.37. The van der Waals surface area contributed by atoms with E-state index in [2.05, 4.69) is 22.3 Å². The van der Waals surface area contributed by atoms with Crippen molar-refractivity contribution < 1.29 is 8.91 Å². The number of halogens is 1. The highest BCUT2D eigenvalue weighted by molar-refractivity contribution is 7.98. The van der Waals surface area contributed by atoms with E-state index in [-0.39, 0.29) is 11.9 Å². The van der Waals surface area contributed by atoms with Gasteiger partial charge in [0.2, 0.25) is 5.82 Å². The van der Waals surface area contributed by atoms with Gasteiger partial charge in [-0.1, -0.05) is 30.6 Å². The minimum Gasteiger partial charge on any atom is -0.351 e. The summed E-state index contributed by atoms with van der Waals surface area (Å²) in [5.74, 6) is 0.670. The summed E-state index contributed by atoms with van der Waals surface area (Å²) in [5, 5.41) is 8.27. The number of nitrogens with zero attached hydrogens (tertiary/aromatic N) is 3. The van der Waals surface area contributed by atoms with Gasteiger partial charge in [-0.05, 0) is 73.8 Å². The topological polar surface area (TPSA) is 54.2 Å². The van der Waals surface area contributed by atoms with Crippen LogP contribution < -0.4 is 5.32 Å². The Morgan fingerprint density at radius 2 is 1.88 bits per heavy atom. The lowest BCUT2D eigenvalue weighted by Crippen LogP contribution is -2.46. The first-order valence-corrected chi connectivity index (χ1v) is 12.2. The van der Waals surface area contributed by atoms with Gasteiger partial charge in [-0.15, -0.1) is 11.8 Å². The van der Waals surface area contributed by atoms with Gasteiger partial charge in [-0.2, -0.15) is 4.98 Å². The molecule has 32 heavy (non-hydrogen) atoms. The predicted molar refractivity (Wildman–Crippen MR) is 131 cm³/mol. The molecule has 166 valence electrons. The summed E-state index contributed by atoms with van der Waals surface area (Å²) in [4.78, 5) is 7.96. The van der Waals surface area contributed by atoms with Crippen LogP contribution in [-0.2, 0) is 0 Å². The second-order valence-electron chi connectivity index (χ2n) is 7.59. The van der Waals surface area contributed by atoms with E-state index in [1.807, 2.05) is 37.4 Å². The van der Waals surface area contributed by atoms with E-state index in [9.17, 15) is 4.39 Å². The van der Waals surface area contributed by atoms with E-state index in [0.29, 0.717) is 16.8 Å². The minimum atomic E-state index is -0.312. The molecule has 0 saturated carbocycles. The SMILES string of the molecule is CCCCN1C(=S)NC(c2ccc(F)cc2)C(c2nc(-c3ccc(SC)cc3)no2)=C1C. The Hall–Kier alpha value is -2.71. The van der Waals surface area contributed by atoms with Crippen molar-refractivity contribution in [3.63, 3.8) is 0 Å². The molecule has 1 unspecified atom stereocenters. The van der Waals surface area contributed by atoms with E-state index < -0.39 is 0 Å². The van der Waals surface area contributed by atoms with Crippen LogP contribution in [0.3, 0.4) is 0 Å². The van der Waals surface area contributed by atoms with Crippen molar-refractivity contribution in [1.82, 2.24) is 20.4 Å². The lowest BCUT2D eigenvalue weighted by molar-refractivity contribution is 0.395. The number of aromatic nitrogens is 2. The van der Waals surface area contributed by atoms with Crippen molar-refractivity contribution in [2.45, 2.75) is 37.6 Å². The summed E-state index contributed by atoms with van der Waals surface area (Å²) in [6.07, 6.45) is 4.10. The maximum absolute atomic E-state index is 13.6. The summed E-state index contributed by atoms with van der Waals surface area (Å²) in [5.41, 5.74) is 3.57. The number of thiocarbonyl (C=S) groups is 1. The molecule has 0 fully saturated rings. The molecule has 0 radical (unpaired) electrons. The zero-order chi connectivity index (χ0) is 22.7. The molecule has 0 aliphatic carbocycles. The number of hydrogen-bond donors (Lipinski definition) is 1. The summed E-state index contributed by atoms with van der Waals surface area (Å²) >= 11 is 7.35. The van der Waals surface area contributed by atoms with Gasteiger partial charge < -0.3 is 14.7 Å². The lowest BCUT2D eigenvalue weighted by atomic mass is 9.94. The van der Waals surface area contributed by atoms with Crippen molar-refractivity contribution in [3.8, 4) is 11.4 Å². The summed E-state index contributed by atoms with van der Waals surface area (Å²) < 4.78 is 19.3. The third-order valence-corrected chi connectivity index (χ3v) is 6.62. The minimum absolute atomic E-state index is 0.285. The normalized spacial score (nSPS) is 16.4. The number of hydrogen-bond acceptors (Lipinski definition) is 5. The molecule has 1 aliphatic rings. The average Bonchev–Trinajstić information content (AvgIpc) is 3.29. The zero-order valence-electron chi connectivity index (χ0n) is 18.3. The van der Waals surface area contributed by atoms with E-state index in [1.165, 1.54) is 17.0 Å². The largest absolute Gasteiger partial charge is 0.351 e. The molecule has 5 nitrogen and oxygen atoms in total. The fraction of sp³-hybridized carbons (Fsp3) is 0.292. The van der Waals surface area contributed by atoms with Gasteiger partial charge in [-0.3, -0.25) is 0 Å². The highest BCUT2D eigenvalue weighted by atomic mass is 32.2. The van der Waals surface area contributed by atoms with Crippen molar-refractivity contribution in [2.24, 2.45) is 0 Å². The fourth-order valence-electron chi connectivity index (χ4n) is 3.74. The van der Waals surface area contributed by atoms with Crippen LogP contribution in [0.1, 0.15) is 44.2 Å². The van der Waals surface area contributed by atoms with Crippen LogP contribution in [0.15, 0.2) is 63.6 Å². The molecular weight excluding hydrogens is 443 g/mol. The van der Waals surface area contributed by atoms with Crippen LogP contribution in [0.25, 0.3) is 17.0 Å². The Labute approximate surface area is 197 Å². The molecule has 0 spiro atoms. The van der Waals surface area contributed by atoms with Crippen molar-refractivity contribution in [1.29, 1.82) is 0 Å². The van der Waals surface area contributed by atoms with Gasteiger partial charge in [0.05, 0.1) is 11.6 Å². The molecule has 1 aromatic heterocycles. The molecule has 0 saturated heterocycles. The molecule has 0 bridgehead atoms. The van der Waals surface area contributed by atoms with Crippen LogP contribution in [-0.4, -0.2) is 33.0 Å². The fourth-order valence-corrected chi connectivity index (χ4v) is 4.49. The van der Waals surface area contributed by atoms with Crippen molar-refractivity contribution in [2.75, 3.05) is 12.8 Å². The van der Waals surface area contributed by atoms with E-state index >= 15 is 0 Å².